The number of hydrogen-bond acceptors (Lipinski definition) is 2. The molecule has 0 aromatic heterocycles. The summed E-state index contributed by atoms with van der Waals surface area (Å²) in [6, 6.07) is 7.91. The van der Waals surface area contributed by atoms with Crippen molar-refractivity contribution in [1.29, 1.82) is 5.26 Å². The average molecular weight is 263 g/mol. The van der Waals surface area contributed by atoms with Gasteiger partial charge in [-0.1, -0.05) is 12.5 Å². The van der Waals surface area contributed by atoms with Crippen molar-refractivity contribution >= 4 is 5.97 Å². The molecule has 1 N–H and O–H groups in total. The molecule has 0 unspecified atom stereocenters. The fourth-order valence-electron chi connectivity index (χ4n) is 1.12. The van der Waals surface area contributed by atoms with Gasteiger partial charge in [0.05, 0.1) is 0 Å². The van der Waals surface area contributed by atoms with Crippen molar-refractivity contribution < 1.29 is 42.6 Å². The number of carboxylic acid groups (broad SMARTS) is 1. The van der Waals surface area contributed by atoms with E-state index in [9.17, 15) is 4.79 Å². The first-order chi connectivity index (χ1) is 6.15. The summed E-state index contributed by atoms with van der Waals surface area (Å²) in [5.41, 5.74) is 1.76. The first-order valence-electron chi connectivity index (χ1n) is 3.76. The van der Waals surface area contributed by atoms with Crippen LogP contribution in [0.25, 0.3) is 0 Å². The van der Waals surface area contributed by atoms with E-state index in [-0.39, 0.29) is 39.1 Å². The third-order valence-electron chi connectivity index (χ3n) is 1.78. The molecule has 4 heteroatoms. The van der Waals surface area contributed by atoms with E-state index < -0.39 is 5.97 Å². The molecule has 0 amide bonds. The van der Waals surface area contributed by atoms with E-state index >= 15 is 0 Å². The van der Waals surface area contributed by atoms with Gasteiger partial charge in [-0.05, 0) is 0 Å². The molecule has 0 aliphatic heterocycles. The summed E-state index contributed by atoms with van der Waals surface area (Å²) >= 11 is 0. The standard InChI is InChI=1S/C10H8NO2.Y/c1-7-3-2-4-8(6-11)9(7)5-10(12)13;/h3-4H,5H2,1H3,(H,12,13);/q-1;. The molecule has 0 aliphatic rings. The SMILES string of the molecule is Cc1c[c-]cc(C#N)c1CC(=O)O.[Y]. The molecule has 0 heterocycles. The van der Waals surface area contributed by atoms with Gasteiger partial charge in [-0.2, -0.15) is 23.8 Å². The van der Waals surface area contributed by atoms with Gasteiger partial charge in [-0.15, -0.1) is 5.56 Å². The number of nitrogens with zero attached hydrogens (tertiary/aromatic N) is 1. The Bertz CT molecular complexity index is 382. The molecule has 0 atom stereocenters. The van der Waals surface area contributed by atoms with E-state index in [0.29, 0.717) is 11.1 Å². The Hall–Kier alpha value is -0.716. The predicted molar refractivity (Wildman–Crippen MR) is 46.1 cm³/mol. The Kier molecular flexibility index (Phi) is 5.60. The first-order valence-corrected chi connectivity index (χ1v) is 3.76. The molecule has 0 bridgehead atoms. The summed E-state index contributed by atoms with van der Waals surface area (Å²) in [5.74, 6) is -0.925. The van der Waals surface area contributed by atoms with Crippen LogP contribution in [0.3, 0.4) is 0 Å². The number of nitriles is 1. The van der Waals surface area contributed by atoms with Crippen molar-refractivity contribution in [3.63, 3.8) is 0 Å². The van der Waals surface area contributed by atoms with Gasteiger partial charge >= 0.3 is 5.97 Å². The molecule has 0 fully saturated rings. The zero-order valence-corrected chi connectivity index (χ0v) is 10.6. The normalized spacial score (nSPS) is 8.57. The van der Waals surface area contributed by atoms with Gasteiger partial charge < -0.3 is 5.11 Å². The number of aryl methyl sites for hydroxylation is 1. The van der Waals surface area contributed by atoms with E-state index in [1.165, 1.54) is 6.07 Å². The molecular formula is C10H8NO2Y-. The van der Waals surface area contributed by atoms with Crippen LogP contribution in [0.4, 0.5) is 0 Å². The monoisotopic (exact) mass is 263 g/mol. The number of rotatable bonds is 2. The summed E-state index contributed by atoms with van der Waals surface area (Å²) in [6.07, 6.45) is -0.108. The average Bonchev–Trinajstić information content (AvgIpc) is 2.08. The zero-order valence-electron chi connectivity index (χ0n) is 7.74. The predicted octanol–water partition coefficient (Wildman–Crippen LogP) is 1.29. The molecule has 1 radical (unpaired) electrons. The van der Waals surface area contributed by atoms with Crippen molar-refractivity contribution in [2.24, 2.45) is 0 Å². The van der Waals surface area contributed by atoms with Crippen LogP contribution in [0.5, 0.6) is 0 Å². The van der Waals surface area contributed by atoms with Gasteiger partial charge in [0.1, 0.15) is 0 Å². The Morgan fingerprint density at radius 3 is 2.79 bits per heavy atom. The molecule has 14 heavy (non-hydrogen) atoms. The first kappa shape index (κ1) is 13.3. The van der Waals surface area contributed by atoms with Crippen LogP contribution in [-0.2, 0) is 43.9 Å². The van der Waals surface area contributed by atoms with Crippen LogP contribution >= 0.6 is 0 Å². The summed E-state index contributed by atoms with van der Waals surface area (Å²) in [6.45, 7) is 1.77. The third kappa shape index (κ3) is 3.21. The van der Waals surface area contributed by atoms with Crippen LogP contribution in [0.1, 0.15) is 16.7 Å². The molecule has 1 rings (SSSR count). The van der Waals surface area contributed by atoms with Gasteiger partial charge in [0.15, 0.2) is 0 Å². The Labute approximate surface area is 108 Å². The topological polar surface area (TPSA) is 61.1 Å². The largest absolute Gasteiger partial charge is 0.481 e. The Morgan fingerprint density at radius 2 is 2.29 bits per heavy atom. The van der Waals surface area contributed by atoms with Crippen molar-refractivity contribution in [3.8, 4) is 6.07 Å². The fourth-order valence-corrected chi connectivity index (χ4v) is 1.12. The second-order valence-electron chi connectivity index (χ2n) is 2.71. The third-order valence-corrected chi connectivity index (χ3v) is 1.78. The maximum absolute atomic E-state index is 10.5. The van der Waals surface area contributed by atoms with Gasteiger partial charge in [-0.3, -0.25) is 4.79 Å². The van der Waals surface area contributed by atoms with Crippen molar-refractivity contribution in [2.45, 2.75) is 13.3 Å². The van der Waals surface area contributed by atoms with E-state index in [4.69, 9.17) is 10.4 Å². The molecule has 0 spiro atoms. The number of benzene rings is 1. The second kappa shape index (κ2) is 5.90. The fraction of sp³-hybridized carbons (Fsp3) is 0.200. The van der Waals surface area contributed by atoms with Crippen molar-refractivity contribution in [2.75, 3.05) is 0 Å². The molecule has 0 saturated heterocycles. The zero-order chi connectivity index (χ0) is 9.84. The van der Waals surface area contributed by atoms with Gasteiger partial charge in [0.25, 0.3) is 0 Å². The molecule has 0 aliphatic carbocycles. The van der Waals surface area contributed by atoms with Crippen LogP contribution in [0.15, 0.2) is 12.1 Å². The van der Waals surface area contributed by atoms with E-state index in [2.05, 4.69) is 6.07 Å². The number of carbonyl (C=O) groups is 1. The smallest absolute Gasteiger partial charge is 0.305 e. The van der Waals surface area contributed by atoms with Crippen LogP contribution in [0.2, 0.25) is 0 Å². The molecule has 3 nitrogen and oxygen atoms in total. The van der Waals surface area contributed by atoms with Crippen molar-refractivity contribution in [1.82, 2.24) is 0 Å². The van der Waals surface area contributed by atoms with Crippen LogP contribution in [-0.4, -0.2) is 11.1 Å². The second-order valence-corrected chi connectivity index (χ2v) is 2.71. The van der Waals surface area contributed by atoms with E-state index in [1.807, 2.05) is 6.07 Å². The maximum atomic E-state index is 10.5. The molecule has 69 valence electrons. The van der Waals surface area contributed by atoms with Crippen LogP contribution in [0, 0.1) is 24.3 Å². The van der Waals surface area contributed by atoms with Gasteiger partial charge in [0, 0.05) is 45.2 Å². The quantitative estimate of drug-likeness (QED) is 0.818. The number of aliphatic carboxylic acids is 1. The minimum Gasteiger partial charge on any atom is -0.481 e. The van der Waals surface area contributed by atoms with Crippen LogP contribution < -0.4 is 0 Å². The van der Waals surface area contributed by atoms with E-state index in [1.54, 1.807) is 13.0 Å². The minimum absolute atomic E-state index is 0. The molecule has 0 saturated carbocycles. The summed E-state index contributed by atoms with van der Waals surface area (Å²) in [7, 11) is 0. The van der Waals surface area contributed by atoms with Gasteiger partial charge in [0.2, 0.25) is 0 Å². The Morgan fingerprint density at radius 1 is 1.64 bits per heavy atom. The van der Waals surface area contributed by atoms with E-state index in [0.717, 1.165) is 5.56 Å². The molecule has 1 aromatic carbocycles. The summed E-state index contributed by atoms with van der Waals surface area (Å²) < 4.78 is 0. The summed E-state index contributed by atoms with van der Waals surface area (Å²) in [5, 5.41) is 17.3. The van der Waals surface area contributed by atoms with Crippen molar-refractivity contribution in [3.05, 3.63) is 34.9 Å². The minimum atomic E-state index is -0.925. The molecular weight excluding hydrogens is 255 g/mol. The maximum Gasteiger partial charge on any atom is 0.305 e. The number of carboxylic acids is 1. The van der Waals surface area contributed by atoms with Gasteiger partial charge in [-0.25, -0.2) is 5.26 Å². The summed E-state index contributed by atoms with van der Waals surface area (Å²) in [4.78, 5) is 10.5. The number of hydrogen-bond donors (Lipinski definition) is 1. The molecule has 1 aromatic rings. The Balaban J connectivity index is 0.00000169.